The van der Waals surface area contributed by atoms with E-state index in [-0.39, 0.29) is 11.9 Å². The Morgan fingerprint density at radius 3 is 1.39 bits per heavy atom. The third-order valence-electron chi connectivity index (χ3n) is 3.20. The van der Waals surface area contributed by atoms with Gasteiger partial charge in [-0.25, -0.2) is 9.59 Å². The highest BCUT2D eigenvalue weighted by Gasteiger charge is 2.05. The first-order valence-electron chi connectivity index (χ1n) is 6.98. The Morgan fingerprint density at radius 1 is 0.739 bits per heavy atom. The summed E-state index contributed by atoms with van der Waals surface area (Å²) in [5.41, 5.74) is 2.75. The number of benzene rings is 2. The van der Waals surface area contributed by atoms with Crippen LogP contribution in [-0.2, 0) is 9.47 Å². The number of methoxy groups -OCH3 is 2. The van der Waals surface area contributed by atoms with Crippen molar-refractivity contribution in [2.75, 3.05) is 31.5 Å². The first-order valence-corrected chi connectivity index (χ1v) is 6.98. The van der Waals surface area contributed by atoms with Gasteiger partial charge in [-0.2, -0.15) is 0 Å². The summed E-state index contributed by atoms with van der Waals surface area (Å²) in [4.78, 5) is 22.7. The molecule has 0 radical (unpaired) electrons. The fourth-order valence-electron chi connectivity index (χ4n) is 1.93. The van der Waals surface area contributed by atoms with Crippen LogP contribution in [0.3, 0.4) is 0 Å². The van der Waals surface area contributed by atoms with Crippen LogP contribution in [-0.4, -0.2) is 32.8 Å². The van der Waals surface area contributed by atoms with Gasteiger partial charge in [0.05, 0.1) is 32.0 Å². The number of anilines is 2. The van der Waals surface area contributed by atoms with E-state index in [9.17, 15) is 9.59 Å². The first kappa shape index (κ1) is 16.4. The monoisotopic (exact) mass is 314 g/mol. The highest BCUT2D eigenvalue weighted by molar-refractivity contribution is 5.90. The van der Waals surface area contributed by atoms with Crippen molar-refractivity contribution in [3.8, 4) is 0 Å². The van der Waals surface area contributed by atoms with E-state index < -0.39 is 0 Å². The van der Waals surface area contributed by atoms with Gasteiger partial charge in [-0.05, 0) is 48.5 Å². The Balaban J connectivity index is 1.85. The maximum atomic E-state index is 11.3. The molecule has 120 valence electrons. The Hall–Kier alpha value is -3.02. The second-order valence-corrected chi connectivity index (χ2v) is 4.67. The van der Waals surface area contributed by atoms with Crippen LogP contribution in [0.15, 0.2) is 48.5 Å². The van der Waals surface area contributed by atoms with E-state index in [1.54, 1.807) is 48.5 Å². The van der Waals surface area contributed by atoms with Crippen molar-refractivity contribution in [3.63, 3.8) is 0 Å². The lowest BCUT2D eigenvalue weighted by atomic mass is 10.2. The largest absolute Gasteiger partial charge is 0.465 e. The SMILES string of the molecule is COC(=O)c1ccc(NCNc2ccc(C(=O)OC)cc2)cc1. The first-order chi connectivity index (χ1) is 11.1. The van der Waals surface area contributed by atoms with Crippen molar-refractivity contribution >= 4 is 23.3 Å². The lowest BCUT2D eigenvalue weighted by molar-refractivity contribution is 0.0592. The molecule has 0 saturated heterocycles. The average Bonchev–Trinajstić information content (AvgIpc) is 2.61. The van der Waals surface area contributed by atoms with Gasteiger partial charge in [0.1, 0.15) is 0 Å². The maximum absolute atomic E-state index is 11.3. The normalized spacial score (nSPS) is 9.83. The summed E-state index contributed by atoms with van der Waals surface area (Å²) in [5.74, 6) is -0.722. The van der Waals surface area contributed by atoms with E-state index in [4.69, 9.17) is 0 Å². The second kappa shape index (κ2) is 7.84. The number of ether oxygens (including phenoxy) is 2. The standard InChI is InChI=1S/C17H18N2O4/c1-22-16(20)12-3-7-14(8-4-12)18-11-19-15-9-5-13(6-10-15)17(21)23-2/h3-10,18-19H,11H2,1-2H3. The summed E-state index contributed by atoms with van der Waals surface area (Å²) in [5, 5.41) is 6.34. The number of carbonyl (C=O) groups excluding carboxylic acids is 2. The molecule has 6 heteroatoms. The molecule has 6 nitrogen and oxygen atoms in total. The van der Waals surface area contributed by atoms with Gasteiger partial charge in [0.15, 0.2) is 0 Å². The van der Waals surface area contributed by atoms with Crippen LogP contribution >= 0.6 is 0 Å². The van der Waals surface area contributed by atoms with E-state index in [2.05, 4.69) is 20.1 Å². The molecule has 2 aromatic rings. The van der Waals surface area contributed by atoms with Gasteiger partial charge in [-0.3, -0.25) is 0 Å². The summed E-state index contributed by atoms with van der Waals surface area (Å²) in [6.45, 7) is 0.495. The van der Waals surface area contributed by atoms with Crippen LogP contribution in [0, 0.1) is 0 Å². The minimum absolute atomic E-state index is 0.361. The molecule has 0 atom stereocenters. The number of esters is 2. The van der Waals surface area contributed by atoms with Crippen molar-refractivity contribution in [2.45, 2.75) is 0 Å². The van der Waals surface area contributed by atoms with E-state index in [0.717, 1.165) is 11.4 Å². The molecule has 0 amide bonds. The molecule has 2 rings (SSSR count). The summed E-state index contributed by atoms with van der Waals surface area (Å²) >= 11 is 0. The summed E-state index contributed by atoms with van der Waals surface area (Å²) in [6, 6.07) is 14.0. The van der Waals surface area contributed by atoms with Crippen LogP contribution in [0.5, 0.6) is 0 Å². The lowest BCUT2D eigenvalue weighted by Gasteiger charge is -2.10. The van der Waals surface area contributed by atoms with Crippen LogP contribution in [0.1, 0.15) is 20.7 Å². The van der Waals surface area contributed by atoms with Crippen molar-refractivity contribution in [1.82, 2.24) is 0 Å². The molecular weight excluding hydrogens is 296 g/mol. The molecular formula is C17H18N2O4. The zero-order valence-electron chi connectivity index (χ0n) is 13.0. The van der Waals surface area contributed by atoms with Crippen molar-refractivity contribution in [3.05, 3.63) is 59.7 Å². The molecule has 23 heavy (non-hydrogen) atoms. The van der Waals surface area contributed by atoms with Gasteiger partial charge in [-0.1, -0.05) is 0 Å². The Morgan fingerprint density at radius 2 is 1.09 bits per heavy atom. The number of carbonyl (C=O) groups is 2. The van der Waals surface area contributed by atoms with E-state index in [1.165, 1.54) is 14.2 Å². The number of hydrogen-bond acceptors (Lipinski definition) is 6. The molecule has 0 saturated carbocycles. The predicted molar refractivity (Wildman–Crippen MR) is 87.7 cm³/mol. The minimum Gasteiger partial charge on any atom is -0.465 e. The third-order valence-corrected chi connectivity index (χ3v) is 3.20. The Bertz CT molecular complexity index is 606. The average molecular weight is 314 g/mol. The maximum Gasteiger partial charge on any atom is 0.337 e. The molecule has 0 heterocycles. The second-order valence-electron chi connectivity index (χ2n) is 4.67. The highest BCUT2D eigenvalue weighted by atomic mass is 16.5. The van der Waals surface area contributed by atoms with Crippen molar-refractivity contribution in [2.24, 2.45) is 0 Å². The van der Waals surface area contributed by atoms with Crippen LogP contribution in [0.25, 0.3) is 0 Å². The van der Waals surface area contributed by atoms with Gasteiger partial charge >= 0.3 is 11.9 Å². The van der Waals surface area contributed by atoms with Crippen molar-refractivity contribution in [1.29, 1.82) is 0 Å². The molecule has 0 fully saturated rings. The van der Waals surface area contributed by atoms with Gasteiger partial charge in [0.2, 0.25) is 0 Å². The van der Waals surface area contributed by atoms with Gasteiger partial charge in [-0.15, -0.1) is 0 Å². The van der Waals surface area contributed by atoms with E-state index >= 15 is 0 Å². The van der Waals surface area contributed by atoms with E-state index in [1.807, 2.05) is 0 Å². The smallest absolute Gasteiger partial charge is 0.337 e. The highest BCUT2D eigenvalue weighted by Crippen LogP contribution is 2.12. The Kier molecular flexibility index (Phi) is 5.57. The van der Waals surface area contributed by atoms with Gasteiger partial charge in [0, 0.05) is 11.4 Å². The Labute approximate surface area is 134 Å². The van der Waals surface area contributed by atoms with Crippen LogP contribution in [0.2, 0.25) is 0 Å². The minimum atomic E-state index is -0.361. The summed E-state index contributed by atoms with van der Waals surface area (Å²) < 4.78 is 9.29. The predicted octanol–water partition coefficient (Wildman–Crippen LogP) is 2.74. The summed E-state index contributed by atoms with van der Waals surface area (Å²) in [7, 11) is 2.70. The van der Waals surface area contributed by atoms with Crippen molar-refractivity contribution < 1.29 is 19.1 Å². The van der Waals surface area contributed by atoms with Crippen LogP contribution < -0.4 is 10.6 Å². The van der Waals surface area contributed by atoms with Crippen LogP contribution in [0.4, 0.5) is 11.4 Å². The summed E-state index contributed by atoms with van der Waals surface area (Å²) in [6.07, 6.45) is 0. The zero-order valence-corrected chi connectivity index (χ0v) is 13.0. The molecule has 0 aliphatic heterocycles. The molecule has 0 aliphatic rings. The molecule has 2 N–H and O–H groups in total. The van der Waals surface area contributed by atoms with Gasteiger partial charge < -0.3 is 20.1 Å². The fraction of sp³-hybridized carbons (Fsp3) is 0.176. The zero-order chi connectivity index (χ0) is 16.7. The van der Waals surface area contributed by atoms with E-state index in [0.29, 0.717) is 17.8 Å². The topological polar surface area (TPSA) is 76.7 Å². The molecule has 0 bridgehead atoms. The molecule has 2 aromatic carbocycles. The number of rotatable bonds is 6. The lowest BCUT2D eigenvalue weighted by Crippen LogP contribution is -2.12. The van der Waals surface area contributed by atoms with Gasteiger partial charge in [0.25, 0.3) is 0 Å². The number of hydrogen-bond donors (Lipinski definition) is 2. The number of nitrogens with one attached hydrogen (secondary N) is 2. The third kappa shape index (κ3) is 4.47. The fourth-order valence-corrected chi connectivity index (χ4v) is 1.93. The molecule has 0 aromatic heterocycles. The molecule has 0 spiro atoms. The quantitative estimate of drug-likeness (QED) is 0.631. The molecule has 0 unspecified atom stereocenters. The molecule has 0 aliphatic carbocycles.